The number of halogens is 2. The fraction of sp³-hybridized carbons (Fsp3) is 0.588. The number of fused-ring (bicyclic) bond motifs is 2. The van der Waals surface area contributed by atoms with Gasteiger partial charge in [0.05, 0.1) is 11.6 Å². The Kier molecular flexibility index (Phi) is 6.57. The van der Waals surface area contributed by atoms with Crippen molar-refractivity contribution in [2.75, 3.05) is 11.9 Å². The zero-order chi connectivity index (χ0) is 15.5. The highest BCUT2D eigenvalue weighted by atomic mass is 35.5. The molecule has 0 spiro atoms. The topological polar surface area (TPSA) is 50.4 Å². The van der Waals surface area contributed by atoms with Crippen molar-refractivity contribution in [1.29, 1.82) is 0 Å². The average molecular weight is 359 g/mol. The first kappa shape index (κ1) is 18.4. The first-order chi connectivity index (χ1) is 10.6. The molecule has 2 atom stereocenters. The minimum Gasteiger partial charge on any atom is -0.492 e. The number of carbonyl (C=O) groups excluding carboxylic acids is 1. The number of ether oxygens (including phenoxy) is 1. The number of rotatable bonds is 5. The Balaban J connectivity index is 0.00000192. The molecular formula is C17H24Cl2N2O2. The summed E-state index contributed by atoms with van der Waals surface area (Å²) in [4.78, 5) is 12.2. The van der Waals surface area contributed by atoms with E-state index in [0.29, 0.717) is 41.8 Å². The quantitative estimate of drug-likeness (QED) is 0.835. The minimum atomic E-state index is 0. The standard InChI is InChI=1S/C17H23ClN2O2.ClH/c1-2-22-16-6-5-14(10-15(16)18)20-17(21)9-11-7-12-3-4-13(8-11)19-12;/h5-6,10-13,19H,2-4,7-9H2,1H3,(H,20,21);1H. The lowest BCUT2D eigenvalue weighted by molar-refractivity contribution is -0.117. The SMILES string of the molecule is CCOc1ccc(NC(=O)CC2CC3CCC(C2)N3)cc1Cl.Cl. The van der Waals surface area contributed by atoms with Crippen LogP contribution in [-0.4, -0.2) is 24.6 Å². The number of nitrogens with one attached hydrogen (secondary N) is 2. The monoisotopic (exact) mass is 358 g/mol. The van der Waals surface area contributed by atoms with Crippen LogP contribution >= 0.6 is 24.0 Å². The van der Waals surface area contributed by atoms with Crippen molar-refractivity contribution < 1.29 is 9.53 Å². The maximum atomic E-state index is 12.2. The van der Waals surface area contributed by atoms with Crippen LogP contribution in [0.5, 0.6) is 5.75 Å². The van der Waals surface area contributed by atoms with E-state index in [1.807, 2.05) is 13.0 Å². The lowest BCUT2D eigenvalue weighted by Crippen LogP contribution is -2.39. The predicted molar refractivity (Wildman–Crippen MR) is 95.8 cm³/mol. The molecule has 128 valence electrons. The van der Waals surface area contributed by atoms with E-state index in [9.17, 15) is 4.79 Å². The number of amides is 1. The second-order valence-electron chi connectivity index (χ2n) is 6.31. The molecular weight excluding hydrogens is 335 g/mol. The Morgan fingerprint density at radius 2 is 2.04 bits per heavy atom. The van der Waals surface area contributed by atoms with Gasteiger partial charge in [0.25, 0.3) is 0 Å². The fourth-order valence-corrected chi connectivity index (χ4v) is 3.90. The molecule has 2 fully saturated rings. The van der Waals surface area contributed by atoms with Gasteiger partial charge in [0.15, 0.2) is 0 Å². The molecule has 0 aliphatic carbocycles. The van der Waals surface area contributed by atoms with Gasteiger partial charge in [-0.05, 0) is 56.7 Å². The van der Waals surface area contributed by atoms with Crippen LogP contribution < -0.4 is 15.4 Å². The Bertz CT molecular complexity index is 541. The second-order valence-corrected chi connectivity index (χ2v) is 6.71. The summed E-state index contributed by atoms with van der Waals surface area (Å²) in [5.74, 6) is 1.22. The van der Waals surface area contributed by atoms with Crippen LogP contribution in [0.4, 0.5) is 5.69 Å². The van der Waals surface area contributed by atoms with Gasteiger partial charge in [-0.3, -0.25) is 4.79 Å². The fourth-order valence-electron chi connectivity index (χ4n) is 3.67. The van der Waals surface area contributed by atoms with Gasteiger partial charge < -0.3 is 15.4 Å². The highest BCUT2D eigenvalue weighted by molar-refractivity contribution is 6.32. The molecule has 2 heterocycles. The van der Waals surface area contributed by atoms with E-state index in [2.05, 4.69) is 10.6 Å². The van der Waals surface area contributed by atoms with Gasteiger partial charge in [-0.25, -0.2) is 0 Å². The van der Waals surface area contributed by atoms with Gasteiger partial charge in [-0.15, -0.1) is 12.4 Å². The average Bonchev–Trinajstić information content (AvgIpc) is 2.81. The summed E-state index contributed by atoms with van der Waals surface area (Å²) >= 11 is 6.15. The number of hydrogen-bond acceptors (Lipinski definition) is 3. The minimum absolute atomic E-state index is 0. The molecule has 1 aromatic carbocycles. The molecule has 2 unspecified atom stereocenters. The van der Waals surface area contributed by atoms with E-state index in [4.69, 9.17) is 16.3 Å². The van der Waals surface area contributed by atoms with Crippen LogP contribution in [-0.2, 0) is 4.79 Å². The number of piperidine rings is 1. The summed E-state index contributed by atoms with van der Waals surface area (Å²) in [7, 11) is 0. The van der Waals surface area contributed by atoms with Gasteiger partial charge >= 0.3 is 0 Å². The van der Waals surface area contributed by atoms with Gasteiger partial charge in [0.1, 0.15) is 5.75 Å². The number of hydrogen-bond donors (Lipinski definition) is 2. The zero-order valence-electron chi connectivity index (χ0n) is 13.3. The van der Waals surface area contributed by atoms with Crippen molar-refractivity contribution >= 4 is 35.6 Å². The number of carbonyl (C=O) groups is 1. The van der Waals surface area contributed by atoms with E-state index in [1.54, 1.807) is 12.1 Å². The van der Waals surface area contributed by atoms with E-state index in [0.717, 1.165) is 18.5 Å². The van der Waals surface area contributed by atoms with Crippen LogP contribution in [0.15, 0.2) is 18.2 Å². The van der Waals surface area contributed by atoms with Crippen LogP contribution in [0.3, 0.4) is 0 Å². The van der Waals surface area contributed by atoms with Crippen LogP contribution in [0.25, 0.3) is 0 Å². The third-order valence-corrected chi connectivity index (χ3v) is 4.86. The molecule has 2 aliphatic heterocycles. The van der Waals surface area contributed by atoms with Crippen molar-refractivity contribution in [2.45, 2.75) is 51.1 Å². The number of anilines is 1. The first-order valence-corrected chi connectivity index (χ1v) is 8.50. The van der Waals surface area contributed by atoms with E-state index < -0.39 is 0 Å². The van der Waals surface area contributed by atoms with Crippen LogP contribution in [0, 0.1) is 5.92 Å². The van der Waals surface area contributed by atoms with Crippen molar-refractivity contribution in [3.05, 3.63) is 23.2 Å². The van der Waals surface area contributed by atoms with E-state index in [-0.39, 0.29) is 18.3 Å². The second kappa shape index (κ2) is 8.22. The van der Waals surface area contributed by atoms with Crippen molar-refractivity contribution in [2.24, 2.45) is 5.92 Å². The first-order valence-electron chi connectivity index (χ1n) is 8.12. The Morgan fingerprint density at radius 1 is 1.35 bits per heavy atom. The third kappa shape index (κ3) is 4.75. The van der Waals surface area contributed by atoms with E-state index >= 15 is 0 Å². The summed E-state index contributed by atoms with van der Waals surface area (Å²) in [6.07, 6.45) is 5.36. The normalized spacial score (nSPS) is 25.6. The molecule has 2 aliphatic rings. The van der Waals surface area contributed by atoms with Gasteiger partial charge in [0, 0.05) is 24.2 Å². The largest absolute Gasteiger partial charge is 0.492 e. The third-order valence-electron chi connectivity index (χ3n) is 4.56. The summed E-state index contributed by atoms with van der Waals surface area (Å²) in [6.45, 7) is 2.49. The molecule has 6 heteroatoms. The van der Waals surface area contributed by atoms with Crippen LogP contribution in [0.1, 0.15) is 39.0 Å². The van der Waals surface area contributed by atoms with Crippen LogP contribution in [0.2, 0.25) is 5.02 Å². The van der Waals surface area contributed by atoms with Crippen molar-refractivity contribution in [1.82, 2.24) is 5.32 Å². The number of benzene rings is 1. The maximum Gasteiger partial charge on any atom is 0.224 e. The summed E-state index contributed by atoms with van der Waals surface area (Å²) < 4.78 is 5.40. The van der Waals surface area contributed by atoms with Gasteiger partial charge in [-0.2, -0.15) is 0 Å². The van der Waals surface area contributed by atoms with Crippen molar-refractivity contribution in [3.63, 3.8) is 0 Å². The highest BCUT2D eigenvalue weighted by Crippen LogP contribution is 2.33. The molecule has 4 nitrogen and oxygen atoms in total. The zero-order valence-corrected chi connectivity index (χ0v) is 14.9. The smallest absolute Gasteiger partial charge is 0.224 e. The molecule has 3 rings (SSSR count). The van der Waals surface area contributed by atoms with Crippen molar-refractivity contribution in [3.8, 4) is 5.75 Å². The van der Waals surface area contributed by atoms with Gasteiger partial charge in [0.2, 0.25) is 5.91 Å². The molecule has 0 aromatic heterocycles. The Morgan fingerprint density at radius 3 is 2.65 bits per heavy atom. The van der Waals surface area contributed by atoms with Gasteiger partial charge in [-0.1, -0.05) is 11.6 Å². The Hall–Kier alpha value is -0.970. The molecule has 0 saturated carbocycles. The molecule has 2 N–H and O–H groups in total. The summed E-state index contributed by atoms with van der Waals surface area (Å²) in [5, 5.41) is 7.08. The van der Waals surface area contributed by atoms with E-state index in [1.165, 1.54) is 12.8 Å². The molecule has 1 aromatic rings. The highest BCUT2D eigenvalue weighted by Gasteiger charge is 2.34. The predicted octanol–water partition coefficient (Wildman–Crippen LogP) is 4.02. The maximum absolute atomic E-state index is 12.2. The summed E-state index contributed by atoms with van der Waals surface area (Å²) in [6, 6.07) is 6.62. The lowest BCUT2D eigenvalue weighted by Gasteiger charge is -2.28. The molecule has 0 radical (unpaired) electrons. The molecule has 23 heavy (non-hydrogen) atoms. The Labute approximate surface area is 148 Å². The molecule has 1 amide bonds. The molecule has 2 bridgehead atoms. The lowest BCUT2D eigenvalue weighted by atomic mass is 9.89. The summed E-state index contributed by atoms with van der Waals surface area (Å²) in [5.41, 5.74) is 0.732. The molecule has 2 saturated heterocycles.